The van der Waals surface area contributed by atoms with E-state index in [-0.39, 0.29) is 18.0 Å². The van der Waals surface area contributed by atoms with Crippen LogP contribution >= 0.6 is 11.6 Å². The van der Waals surface area contributed by atoms with Gasteiger partial charge in [0, 0.05) is 24.8 Å². The second-order valence-electron chi connectivity index (χ2n) is 9.20. The molecule has 0 amide bonds. The number of carbonyl (C=O) groups is 1. The van der Waals surface area contributed by atoms with Crippen molar-refractivity contribution in [2.24, 2.45) is 0 Å². The van der Waals surface area contributed by atoms with Crippen molar-refractivity contribution in [3.63, 3.8) is 0 Å². The summed E-state index contributed by atoms with van der Waals surface area (Å²) in [5, 5.41) is 0. The molecule has 0 aromatic heterocycles. The van der Waals surface area contributed by atoms with E-state index in [0.29, 0.717) is 43.1 Å². The number of alkyl halides is 1. The van der Waals surface area contributed by atoms with Crippen molar-refractivity contribution in [3.8, 4) is 11.5 Å². The van der Waals surface area contributed by atoms with Gasteiger partial charge < -0.3 is 18.9 Å². The van der Waals surface area contributed by atoms with E-state index in [4.69, 9.17) is 30.5 Å². The standard InChI is InChI=1S/C33H33ClO5/c1-36-29-17-27(18-30(20-29)37-23-25-11-5-2-6-12-25)19-31(39-33(35)28-15-9-4-10-16-28)21-32(22-34)38-24-26-13-7-3-8-14-26/h2-18,20,31-32H,19,21-24H2,1H3/t31-,32-/m0/s1. The van der Waals surface area contributed by atoms with Gasteiger partial charge >= 0.3 is 5.97 Å². The number of halogens is 1. The molecular weight excluding hydrogens is 512 g/mol. The molecule has 4 rings (SSSR count). The number of ether oxygens (including phenoxy) is 4. The van der Waals surface area contributed by atoms with Crippen LogP contribution in [0.2, 0.25) is 0 Å². The molecule has 0 bridgehead atoms. The Balaban J connectivity index is 1.50. The van der Waals surface area contributed by atoms with Crippen LogP contribution in [-0.4, -0.2) is 31.2 Å². The van der Waals surface area contributed by atoms with Gasteiger partial charge in [0.25, 0.3) is 0 Å². The lowest BCUT2D eigenvalue weighted by Gasteiger charge is -2.24. The molecule has 0 saturated heterocycles. The van der Waals surface area contributed by atoms with Crippen LogP contribution in [0.1, 0.15) is 33.5 Å². The van der Waals surface area contributed by atoms with E-state index in [0.717, 1.165) is 16.7 Å². The SMILES string of the molecule is COc1cc(C[C@@H](C[C@@H](CCl)OCc2ccccc2)OC(=O)c2ccccc2)cc(OCc2ccccc2)c1. The summed E-state index contributed by atoms with van der Waals surface area (Å²) in [5.74, 6) is 1.23. The minimum atomic E-state index is -0.480. The lowest BCUT2D eigenvalue weighted by molar-refractivity contribution is -0.00518. The Labute approximate surface area is 235 Å². The first-order valence-electron chi connectivity index (χ1n) is 12.9. The van der Waals surface area contributed by atoms with Crippen LogP contribution in [0.25, 0.3) is 0 Å². The molecule has 5 nitrogen and oxygen atoms in total. The molecule has 2 atom stereocenters. The lowest BCUT2D eigenvalue weighted by atomic mass is 10.0. The summed E-state index contributed by atoms with van der Waals surface area (Å²) < 4.78 is 23.7. The van der Waals surface area contributed by atoms with Gasteiger partial charge in [-0.3, -0.25) is 0 Å². The van der Waals surface area contributed by atoms with Gasteiger partial charge in [-0.1, -0.05) is 78.9 Å². The summed E-state index contributed by atoms with van der Waals surface area (Å²) in [6, 6.07) is 34.6. The van der Waals surface area contributed by atoms with E-state index in [2.05, 4.69) is 0 Å². The minimum Gasteiger partial charge on any atom is -0.497 e. The summed E-state index contributed by atoms with van der Waals surface area (Å²) in [7, 11) is 1.62. The van der Waals surface area contributed by atoms with Crippen LogP contribution in [0.15, 0.2) is 109 Å². The highest BCUT2D eigenvalue weighted by Gasteiger charge is 2.23. The first-order chi connectivity index (χ1) is 19.1. The van der Waals surface area contributed by atoms with Crippen LogP contribution < -0.4 is 9.47 Å². The first kappa shape index (κ1) is 28.2. The number of esters is 1. The van der Waals surface area contributed by atoms with Crippen LogP contribution in [0.5, 0.6) is 11.5 Å². The molecule has 0 aliphatic heterocycles. The maximum atomic E-state index is 13.0. The Morgan fingerprint density at radius 3 is 1.92 bits per heavy atom. The predicted octanol–water partition coefficient (Wildman–Crippen LogP) is 7.26. The van der Waals surface area contributed by atoms with Crippen molar-refractivity contribution < 1.29 is 23.7 Å². The zero-order valence-corrected chi connectivity index (χ0v) is 22.8. The highest BCUT2D eigenvalue weighted by atomic mass is 35.5. The third-order valence-electron chi connectivity index (χ3n) is 6.20. The Kier molecular flexibility index (Phi) is 10.8. The fourth-order valence-corrected chi connectivity index (χ4v) is 4.39. The molecule has 0 aliphatic rings. The summed E-state index contributed by atoms with van der Waals surface area (Å²) >= 11 is 6.30. The van der Waals surface area contributed by atoms with Crippen molar-refractivity contribution in [2.75, 3.05) is 13.0 Å². The third-order valence-corrected chi connectivity index (χ3v) is 6.54. The molecule has 0 N–H and O–H groups in total. The van der Waals surface area contributed by atoms with Gasteiger partial charge in [0.1, 0.15) is 24.2 Å². The normalized spacial score (nSPS) is 12.4. The molecule has 0 unspecified atom stereocenters. The van der Waals surface area contributed by atoms with E-state index in [1.165, 1.54) is 0 Å². The second kappa shape index (κ2) is 15.0. The topological polar surface area (TPSA) is 54.0 Å². The van der Waals surface area contributed by atoms with E-state index >= 15 is 0 Å². The molecule has 0 spiro atoms. The highest BCUT2D eigenvalue weighted by Crippen LogP contribution is 2.26. The molecule has 0 aliphatic carbocycles. The average molecular weight is 545 g/mol. The van der Waals surface area contributed by atoms with E-state index in [1.807, 2.05) is 97.1 Å². The number of hydrogen-bond donors (Lipinski definition) is 0. The molecule has 4 aromatic rings. The van der Waals surface area contributed by atoms with Gasteiger partial charge in [0.15, 0.2) is 0 Å². The quantitative estimate of drug-likeness (QED) is 0.123. The van der Waals surface area contributed by atoms with Gasteiger partial charge in [-0.05, 0) is 41.0 Å². The molecule has 0 radical (unpaired) electrons. The number of benzene rings is 4. The minimum absolute atomic E-state index is 0.274. The van der Waals surface area contributed by atoms with Crippen molar-refractivity contribution in [1.29, 1.82) is 0 Å². The van der Waals surface area contributed by atoms with Crippen molar-refractivity contribution >= 4 is 17.6 Å². The van der Waals surface area contributed by atoms with Crippen molar-refractivity contribution in [3.05, 3.63) is 131 Å². The number of carbonyl (C=O) groups excluding carboxylic acids is 1. The molecular formula is C33H33ClO5. The zero-order chi connectivity index (χ0) is 27.3. The number of methoxy groups -OCH3 is 1. The Hall–Kier alpha value is -3.80. The molecule has 6 heteroatoms. The van der Waals surface area contributed by atoms with Gasteiger partial charge in [0.2, 0.25) is 0 Å². The fraction of sp³-hybridized carbons (Fsp3) is 0.242. The monoisotopic (exact) mass is 544 g/mol. The van der Waals surface area contributed by atoms with Crippen LogP contribution in [0.3, 0.4) is 0 Å². The molecule has 0 heterocycles. The zero-order valence-electron chi connectivity index (χ0n) is 22.0. The largest absolute Gasteiger partial charge is 0.497 e. The fourth-order valence-electron chi connectivity index (χ4n) is 4.18. The molecule has 0 saturated carbocycles. The third kappa shape index (κ3) is 9.17. The van der Waals surface area contributed by atoms with E-state index < -0.39 is 6.10 Å². The van der Waals surface area contributed by atoms with Gasteiger partial charge in [-0.15, -0.1) is 11.6 Å². The maximum Gasteiger partial charge on any atom is 0.338 e. The first-order valence-corrected chi connectivity index (χ1v) is 13.5. The van der Waals surface area contributed by atoms with Crippen LogP contribution in [0.4, 0.5) is 0 Å². The Morgan fingerprint density at radius 1 is 0.718 bits per heavy atom. The molecule has 4 aromatic carbocycles. The summed E-state index contributed by atoms with van der Waals surface area (Å²) in [4.78, 5) is 13.0. The van der Waals surface area contributed by atoms with Gasteiger partial charge in [0.05, 0.1) is 25.4 Å². The maximum absolute atomic E-state index is 13.0. The lowest BCUT2D eigenvalue weighted by Crippen LogP contribution is -2.28. The highest BCUT2D eigenvalue weighted by molar-refractivity contribution is 6.18. The van der Waals surface area contributed by atoms with Crippen LogP contribution in [-0.2, 0) is 29.1 Å². The predicted molar refractivity (Wildman–Crippen MR) is 153 cm³/mol. The van der Waals surface area contributed by atoms with Gasteiger partial charge in [-0.25, -0.2) is 4.79 Å². The Morgan fingerprint density at radius 2 is 1.31 bits per heavy atom. The molecule has 0 fully saturated rings. The summed E-state index contributed by atoms with van der Waals surface area (Å²) in [6.45, 7) is 0.857. The smallest absolute Gasteiger partial charge is 0.338 e. The average Bonchev–Trinajstić information content (AvgIpc) is 2.99. The summed E-state index contributed by atoms with van der Waals surface area (Å²) in [5.41, 5.74) is 3.53. The van der Waals surface area contributed by atoms with E-state index in [1.54, 1.807) is 19.2 Å². The molecule has 202 valence electrons. The number of hydrogen-bond acceptors (Lipinski definition) is 5. The van der Waals surface area contributed by atoms with Gasteiger partial charge in [-0.2, -0.15) is 0 Å². The van der Waals surface area contributed by atoms with Crippen molar-refractivity contribution in [2.45, 2.75) is 38.3 Å². The Bertz CT molecular complexity index is 1280. The van der Waals surface area contributed by atoms with E-state index in [9.17, 15) is 4.79 Å². The molecule has 39 heavy (non-hydrogen) atoms. The second-order valence-corrected chi connectivity index (χ2v) is 9.51. The summed E-state index contributed by atoms with van der Waals surface area (Å²) in [6.07, 6.45) is 0.0949. The van der Waals surface area contributed by atoms with Crippen molar-refractivity contribution in [1.82, 2.24) is 0 Å². The number of rotatable bonds is 14. The van der Waals surface area contributed by atoms with Crippen LogP contribution in [0, 0.1) is 0 Å².